The van der Waals surface area contributed by atoms with Gasteiger partial charge in [-0.1, -0.05) is 19.9 Å². The summed E-state index contributed by atoms with van der Waals surface area (Å²) < 4.78 is 24.1. The van der Waals surface area contributed by atoms with E-state index in [9.17, 15) is 9.18 Å². The van der Waals surface area contributed by atoms with E-state index in [0.717, 1.165) is 5.56 Å². The molecular formula is C22H31FN4O5. The highest BCUT2D eigenvalue weighted by atomic mass is 19.1. The van der Waals surface area contributed by atoms with Crippen LogP contribution in [0.15, 0.2) is 35.1 Å². The normalized spacial score (nSPS) is 10.6. The molecule has 0 aliphatic rings. The number of aliphatic hydroxyl groups is 2. The summed E-state index contributed by atoms with van der Waals surface area (Å²) in [7, 11) is 0. The van der Waals surface area contributed by atoms with Crippen molar-refractivity contribution in [3.05, 3.63) is 47.9 Å². The van der Waals surface area contributed by atoms with Gasteiger partial charge in [0.2, 0.25) is 11.5 Å². The SMILES string of the molecule is CC.CC(C)(O)OCCCO.Cc1ccc(Nc2c(C(N)=O)oc3ncncc23)c(F)c1. The van der Waals surface area contributed by atoms with Gasteiger partial charge in [-0.3, -0.25) is 4.79 Å². The Morgan fingerprint density at radius 1 is 1.34 bits per heavy atom. The number of ether oxygens (including phenoxy) is 1. The van der Waals surface area contributed by atoms with E-state index in [-0.39, 0.29) is 29.5 Å². The third kappa shape index (κ3) is 8.22. The molecule has 2 aromatic heterocycles. The first-order valence-corrected chi connectivity index (χ1v) is 10.1. The van der Waals surface area contributed by atoms with Crippen LogP contribution in [0.3, 0.4) is 0 Å². The lowest BCUT2D eigenvalue weighted by Gasteiger charge is -2.17. The van der Waals surface area contributed by atoms with Crippen LogP contribution in [0, 0.1) is 12.7 Å². The van der Waals surface area contributed by atoms with Gasteiger partial charge >= 0.3 is 0 Å². The summed E-state index contributed by atoms with van der Waals surface area (Å²) in [6, 6.07) is 4.69. The molecule has 0 saturated carbocycles. The quantitative estimate of drug-likeness (QED) is 0.315. The van der Waals surface area contributed by atoms with Crippen molar-refractivity contribution in [3.63, 3.8) is 0 Å². The number of carbonyl (C=O) groups is 1. The highest BCUT2D eigenvalue weighted by molar-refractivity contribution is 6.05. The van der Waals surface area contributed by atoms with Crippen LogP contribution >= 0.6 is 0 Å². The minimum atomic E-state index is -1.06. The Morgan fingerprint density at radius 2 is 2.03 bits per heavy atom. The number of hydrogen-bond donors (Lipinski definition) is 4. The Hall–Kier alpha value is -3.08. The average molecular weight is 451 g/mol. The Kier molecular flexibility index (Phi) is 10.7. The summed E-state index contributed by atoms with van der Waals surface area (Å²) in [4.78, 5) is 19.2. The molecule has 0 fully saturated rings. The Bertz CT molecular complexity index is 1000. The maximum Gasteiger partial charge on any atom is 0.286 e. The van der Waals surface area contributed by atoms with E-state index in [2.05, 4.69) is 15.3 Å². The second kappa shape index (κ2) is 12.7. The number of halogens is 1. The topological polar surface area (TPSA) is 144 Å². The van der Waals surface area contributed by atoms with E-state index in [0.29, 0.717) is 18.4 Å². The molecule has 176 valence electrons. The number of amides is 1. The number of anilines is 2. The van der Waals surface area contributed by atoms with Crippen LogP contribution in [-0.4, -0.2) is 45.1 Å². The number of aliphatic hydroxyl groups excluding tert-OH is 1. The summed E-state index contributed by atoms with van der Waals surface area (Å²) in [6.45, 7) is 9.41. The van der Waals surface area contributed by atoms with Gasteiger partial charge < -0.3 is 30.4 Å². The van der Waals surface area contributed by atoms with E-state index in [1.165, 1.54) is 18.6 Å². The second-order valence-corrected chi connectivity index (χ2v) is 6.89. The zero-order valence-electron chi connectivity index (χ0n) is 19.0. The Balaban J connectivity index is 0.000000396. The molecule has 3 aromatic rings. The first kappa shape index (κ1) is 27.0. The fourth-order valence-corrected chi connectivity index (χ4v) is 2.38. The fourth-order valence-electron chi connectivity index (χ4n) is 2.38. The fraction of sp³-hybridized carbons (Fsp3) is 0.409. The van der Waals surface area contributed by atoms with Crippen LogP contribution in [-0.2, 0) is 4.74 Å². The molecule has 0 bridgehead atoms. The Labute approximate surface area is 186 Å². The van der Waals surface area contributed by atoms with Gasteiger partial charge in [0.25, 0.3) is 5.91 Å². The van der Waals surface area contributed by atoms with Crippen LogP contribution in [0.2, 0.25) is 0 Å². The zero-order valence-corrected chi connectivity index (χ0v) is 19.0. The number of furan rings is 1. The van der Waals surface area contributed by atoms with Gasteiger partial charge in [-0.15, -0.1) is 0 Å². The minimum Gasteiger partial charge on any atom is -0.430 e. The number of nitrogens with two attached hydrogens (primary N) is 1. The van der Waals surface area contributed by atoms with Crippen LogP contribution in [0.1, 0.15) is 50.2 Å². The maximum atomic E-state index is 13.9. The second-order valence-electron chi connectivity index (χ2n) is 6.89. The number of nitrogens with zero attached hydrogens (tertiary/aromatic N) is 2. The van der Waals surface area contributed by atoms with Crippen molar-refractivity contribution < 1.29 is 28.6 Å². The van der Waals surface area contributed by atoms with E-state index < -0.39 is 17.5 Å². The summed E-state index contributed by atoms with van der Waals surface area (Å²) in [6.07, 6.45) is 3.32. The number of carbonyl (C=O) groups excluding carboxylic acids is 1. The van der Waals surface area contributed by atoms with Gasteiger partial charge in [-0.05, 0) is 44.9 Å². The van der Waals surface area contributed by atoms with Crippen LogP contribution in [0.5, 0.6) is 0 Å². The van der Waals surface area contributed by atoms with Crippen molar-refractivity contribution in [1.82, 2.24) is 9.97 Å². The third-order valence-electron chi connectivity index (χ3n) is 3.74. The van der Waals surface area contributed by atoms with Crippen molar-refractivity contribution in [2.75, 3.05) is 18.5 Å². The lowest BCUT2D eigenvalue weighted by Crippen LogP contribution is -2.23. The summed E-state index contributed by atoms with van der Waals surface area (Å²) >= 11 is 0. The summed E-state index contributed by atoms with van der Waals surface area (Å²) in [5, 5.41) is 20.5. The molecule has 0 saturated heterocycles. The molecule has 2 heterocycles. The molecule has 0 atom stereocenters. The molecule has 5 N–H and O–H groups in total. The smallest absolute Gasteiger partial charge is 0.286 e. The lowest BCUT2D eigenvalue weighted by atomic mass is 10.2. The number of hydrogen-bond acceptors (Lipinski definition) is 8. The standard InChI is InChI=1S/C14H11FN4O2.C6H14O3.C2H6/c1-7-2-3-10(9(15)4-7)19-11-8-5-17-6-18-14(8)21-12(11)13(16)20;1-6(2,8)9-5-3-4-7;1-2/h2-6,19H,1H3,(H2,16,20);7-8H,3-5H2,1-2H3;1-2H3. The van der Waals surface area contributed by atoms with E-state index in [1.807, 2.05) is 13.8 Å². The monoisotopic (exact) mass is 450 g/mol. The van der Waals surface area contributed by atoms with Crippen LogP contribution < -0.4 is 11.1 Å². The molecule has 32 heavy (non-hydrogen) atoms. The minimum absolute atomic E-state index is 0.107. The molecule has 0 radical (unpaired) electrons. The van der Waals surface area contributed by atoms with Gasteiger partial charge in [-0.2, -0.15) is 0 Å². The van der Waals surface area contributed by atoms with Crippen LogP contribution in [0.4, 0.5) is 15.8 Å². The predicted molar refractivity (Wildman–Crippen MR) is 120 cm³/mol. The molecule has 1 aromatic carbocycles. The molecule has 0 spiro atoms. The van der Waals surface area contributed by atoms with Gasteiger partial charge in [0.15, 0.2) is 5.79 Å². The first-order chi connectivity index (χ1) is 15.1. The molecule has 0 aliphatic carbocycles. The Morgan fingerprint density at radius 3 is 2.59 bits per heavy atom. The average Bonchev–Trinajstić information content (AvgIpc) is 3.10. The largest absolute Gasteiger partial charge is 0.430 e. The number of primary amides is 1. The van der Waals surface area contributed by atoms with Gasteiger partial charge in [0.05, 0.1) is 17.7 Å². The summed E-state index contributed by atoms with van der Waals surface area (Å²) in [5.74, 6) is -2.40. The van der Waals surface area contributed by atoms with Gasteiger partial charge in [-0.25, -0.2) is 14.4 Å². The first-order valence-electron chi connectivity index (χ1n) is 10.1. The molecule has 1 amide bonds. The van der Waals surface area contributed by atoms with Gasteiger partial charge in [0, 0.05) is 12.8 Å². The van der Waals surface area contributed by atoms with Crippen molar-refractivity contribution >= 4 is 28.4 Å². The number of benzene rings is 1. The lowest BCUT2D eigenvalue weighted by molar-refractivity contribution is -0.177. The number of rotatable bonds is 7. The highest BCUT2D eigenvalue weighted by Gasteiger charge is 2.20. The van der Waals surface area contributed by atoms with Crippen molar-refractivity contribution in [3.8, 4) is 0 Å². The zero-order chi connectivity index (χ0) is 24.3. The summed E-state index contributed by atoms with van der Waals surface area (Å²) in [5.41, 5.74) is 6.72. The number of aromatic nitrogens is 2. The van der Waals surface area contributed by atoms with E-state index >= 15 is 0 Å². The van der Waals surface area contributed by atoms with Crippen molar-refractivity contribution in [2.24, 2.45) is 5.73 Å². The molecule has 9 nitrogen and oxygen atoms in total. The maximum absolute atomic E-state index is 13.9. The molecule has 0 unspecified atom stereocenters. The molecule has 3 rings (SSSR count). The number of nitrogens with one attached hydrogen (secondary N) is 1. The van der Waals surface area contributed by atoms with Crippen molar-refractivity contribution in [2.45, 2.75) is 46.8 Å². The van der Waals surface area contributed by atoms with Crippen LogP contribution in [0.25, 0.3) is 11.1 Å². The molecular weight excluding hydrogens is 419 g/mol. The number of fused-ring (bicyclic) bond motifs is 1. The molecule has 10 heteroatoms. The third-order valence-corrected chi connectivity index (χ3v) is 3.74. The highest BCUT2D eigenvalue weighted by Crippen LogP contribution is 2.32. The number of aryl methyl sites for hydroxylation is 1. The van der Waals surface area contributed by atoms with Crippen molar-refractivity contribution in [1.29, 1.82) is 0 Å². The van der Waals surface area contributed by atoms with Gasteiger partial charge in [0.1, 0.15) is 17.8 Å². The predicted octanol–water partition coefficient (Wildman–Crippen LogP) is 3.65. The van der Waals surface area contributed by atoms with E-state index in [4.69, 9.17) is 25.1 Å². The molecule has 0 aliphatic heterocycles. The van der Waals surface area contributed by atoms with E-state index in [1.54, 1.807) is 32.9 Å².